The van der Waals surface area contributed by atoms with Crippen molar-refractivity contribution in [2.75, 3.05) is 32.7 Å². The van der Waals surface area contributed by atoms with Crippen LogP contribution in [0.1, 0.15) is 16.8 Å². The van der Waals surface area contributed by atoms with Crippen molar-refractivity contribution in [3.05, 3.63) is 64.5 Å². The third-order valence-corrected chi connectivity index (χ3v) is 8.58. The summed E-state index contributed by atoms with van der Waals surface area (Å²) in [6.07, 6.45) is 0.429. The van der Waals surface area contributed by atoms with E-state index in [1.807, 2.05) is 29.6 Å². The fourth-order valence-corrected chi connectivity index (χ4v) is 6.46. The number of carbonyl (C=O) groups is 1. The second kappa shape index (κ2) is 8.53. The van der Waals surface area contributed by atoms with E-state index in [0.29, 0.717) is 39.1 Å². The zero-order valence-corrected chi connectivity index (χ0v) is 18.1. The van der Waals surface area contributed by atoms with Gasteiger partial charge in [0, 0.05) is 60.2 Å². The number of benzene rings is 2. The molecule has 1 saturated heterocycles. The molecule has 1 fully saturated rings. The zero-order chi connectivity index (χ0) is 20.4. The molecule has 29 heavy (non-hydrogen) atoms. The molecule has 2 aromatic carbocycles. The number of Topliss-reactive ketones (excluding diaryl/α,β-unsaturated/α-hetero) is 1. The fraction of sp³-hybridized carbons (Fsp3) is 0.286. The molecule has 1 aliphatic heterocycles. The molecule has 0 radical (unpaired) electrons. The molecule has 0 unspecified atom stereocenters. The molecule has 8 heteroatoms. The molecular formula is C21H21ClN2O3S2. The van der Waals surface area contributed by atoms with Crippen LogP contribution in [0.5, 0.6) is 0 Å². The average Bonchev–Trinajstić information content (AvgIpc) is 3.17. The minimum Gasteiger partial charge on any atom is -0.300 e. The average molecular weight is 449 g/mol. The van der Waals surface area contributed by atoms with Crippen LogP contribution in [-0.2, 0) is 10.0 Å². The van der Waals surface area contributed by atoms with Gasteiger partial charge in [-0.05, 0) is 18.2 Å². The normalized spacial score (nSPS) is 16.3. The minimum absolute atomic E-state index is 0.133. The van der Waals surface area contributed by atoms with E-state index < -0.39 is 10.0 Å². The van der Waals surface area contributed by atoms with E-state index >= 15 is 0 Å². The van der Waals surface area contributed by atoms with Crippen molar-refractivity contribution in [2.45, 2.75) is 11.3 Å². The zero-order valence-electron chi connectivity index (χ0n) is 15.8. The Labute approximate surface area is 179 Å². The summed E-state index contributed by atoms with van der Waals surface area (Å²) < 4.78 is 28.3. The number of thiophene rings is 1. The lowest BCUT2D eigenvalue weighted by molar-refractivity contribution is 0.0954. The highest BCUT2D eigenvalue weighted by atomic mass is 35.5. The highest BCUT2D eigenvalue weighted by Crippen LogP contribution is 2.27. The van der Waals surface area contributed by atoms with Crippen molar-refractivity contribution in [1.82, 2.24) is 9.21 Å². The number of carbonyl (C=O) groups excluding carboxylic acids is 1. The Morgan fingerprint density at radius 2 is 1.69 bits per heavy atom. The number of piperazine rings is 1. The molecule has 3 aromatic rings. The number of halogens is 1. The van der Waals surface area contributed by atoms with E-state index in [2.05, 4.69) is 4.90 Å². The molecule has 152 valence electrons. The third-order valence-electron chi connectivity index (χ3n) is 5.22. The molecule has 1 aromatic heterocycles. The van der Waals surface area contributed by atoms with Crippen LogP contribution in [0.2, 0.25) is 5.02 Å². The van der Waals surface area contributed by atoms with E-state index in [1.165, 1.54) is 10.4 Å². The predicted octanol–water partition coefficient (Wildman–Crippen LogP) is 4.13. The van der Waals surface area contributed by atoms with Crippen LogP contribution in [0.3, 0.4) is 0 Å². The maximum atomic E-state index is 12.8. The topological polar surface area (TPSA) is 57.7 Å². The van der Waals surface area contributed by atoms with Gasteiger partial charge in [0.25, 0.3) is 0 Å². The van der Waals surface area contributed by atoms with Crippen LogP contribution in [0, 0.1) is 0 Å². The first-order valence-corrected chi connectivity index (χ1v) is 12.1. The van der Waals surface area contributed by atoms with Gasteiger partial charge in [0.2, 0.25) is 10.0 Å². The first kappa shape index (κ1) is 20.5. The number of sulfonamides is 1. The van der Waals surface area contributed by atoms with E-state index in [-0.39, 0.29) is 15.7 Å². The Bertz CT molecular complexity index is 1140. The lowest BCUT2D eigenvalue weighted by atomic mass is 10.1. The minimum atomic E-state index is -3.60. The molecule has 0 N–H and O–H groups in total. The van der Waals surface area contributed by atoms with Crippen LogP contribution in [0.15, 0.2) is 58.8 Å². The number of nitrogens with zero attached hydrogens (tertiary/aromatic N) is 2. The SMILES string of the molecule is O=C(CCN1CCN(S(=O)(=O)c2ccccc2Cl)CC1)c1csc2ccccc12. The lowest BCUT2D eigenvalue weighted by Gasteiger charge is -2.34. The number of fused-ring (bicyclic) bond motifs is 1. The molecule has 1 aliphatic rings. The Morgan fingerprint density at radius 1 is 1.00 bits per heavy atom. The second-order valence-electron chi connectivity index (χ2n) is 6.99. The smallest absolute Gasteiger partial charge is 0.244 e. The molecule has 0 saturated carbocycles. The van der Waals surface area contributed by atoms with Gasteiger partial charge in [-0.15, -0.1) is 11.3 Å². The summed E-state index contributed by atoms with van der Waals surface area (Å²) in [5.41, 5.74) is 0.783. The number of rotatable bonds is 6. The number of ketones is 1. The summed E-state index contributed by atoms with van der Waals surface area (Å²) in [6.45, 7) is 2.61. The summed E-state index contributed by atoms with van der Waals surface area (Å²) in [5.74, 6) is 0.133. The maximum Gasteiger partial charge on any atom is 0.244 e. The number of hydrogen-bond donors (Lipinski definition) is 0. The van der Waals surface area contributed by atoms with Gasteiger partial charge in [-0.25, -0.2) is 8.42 Å². The summed E-state index contributed by atoms with van der Waals surface area (Å²) in [4.78, 5) is 15.0. The molecule has 0 atom stereocenters. The van der Waals surface area contributed by atoms with Crippen molar-refractivity contribution < 1.29 is 13.2 Å². The largest absolute Gasteiger partial charge is 0.300 e. The van der Waals surface area contributed by atoms with E-state index in [9.17, 15) is 13.2 Å². The highest BCUT2D eigenvalue weighted by molar-refractivity contribution is 7.89. The third kappa shape index (κ3) is 4.25. The first-order valence-electron chi connectivity index (χ1n) is 9.43. The number of hydrogen-bond acceptors (Lipinski definition) is 5. The first-order chi connectivity index (χ1) is 14.0. The molecule has 0 amide bonds. The van der Waals surface area contributed by atoms with Crippen LogP contribution in [-0.4, -0.2) is 56.1 Å². The fourth-order valence-electron chi connectivity index (χ4n) is 3.57. The summed E-state index contributed by atoms with van der Waals surface area (Å²) in [7, 11) is -3.60. The lowest BCUT2D eigenvalue weighted by Crippen LogP contribution is -2.49. The summed E-state index contributed by atoms with van der Waals surface area (Å²) in [5, 5.41) is 3.18. The maximum absolute atomic E-state index is 12.8. The molecule has 0 bridgehead atoms. The highest BCUT2D eigenvalue weighted by Gasteiger charge is 2.30. The second-order valence-corrected chi connectivity index (χ2v) is 10.2. The molecular weight excluding hydrogens is 428 g/mol. The van der Waals surface area contributed by atoms with E-state index in [1.54, 1.807) is 29.5 Å². The van der Waals surface area contributed by atoms with Gasteiger partial charge >= 0.3 is 0 Å². The molecule has 0 aliphatic carbocycles. The summed E-state index contributed by atoms with van der Waals surface area (Å²) >= 11 is 7.67. The molecule has 2 heterocycles. The van der Waals surface area contributed by atoms with Crippen molar-refractivity contribution in [3.8, 4) is 0 Å². The summed E-state index contributed by atoms with van der Waals surface area (Å²) in [6, 6.07) is 14.4. The van der Waals surface area contributed by atoms with Gasteiger partial charge in [-0.1, -0.05) is 41.9 Å². The van der Waals surface area contributed by atoms with Crippen molar-refractivity contribution >= 4 is 48.8 Å². The standard InChI is InChI=1S/C21H21ClN2O3S2/c22-18-6-2-4-8-21(18)29(26,27)24-13-11-23(12-14-24)10-9-19(25)17-15-28-20-7-3-1-5-16(17)20/h1-8,15H,9-14H2. The Balaban J connectivity index is 1.34. The molecule has 5 nitrogen and oxygen atoms in total. The van der Waals surface area contributed by atoms with Crippen LogP contribution < -0.4 is 0 Å². The van der Waals surface area contributed by atoms with Crippen molar-refractivity contribution in [3.63, 3.8) is 0 Å². The quantitative estimate of drug-likeness (QED) is 0.532. The van der Waals surface area contributed by atoms with Gasteiger partial charge in [0.05, 0.1) is 5.02 Å². The van der Waals surface area contributed by atoms with Gasteiger partial charge < -0.3 is 4.90 Å². The molecule has 4 rings (SSSR count). The van der Waals surface area contributed by atoms with Crippen molar-refractivity contribution in [1.29, 1.82) is 0 Å². The van der Waals surface area contributed by atoms with E-state index in [4.69, 9.17) is 11.6 Å². The van der Waals surface area contributed by atoms with Crippen LogP contribution in [0.4, 0.5) is 0 Å². The van der Waals surface area contributed by atoms with Gasteiger partial charge in [0.1, 0.15) is 4.90 Å². The monoisotopic (exact) mass is 448 g/mol. The van der Waals surface area contributed by atoms with Gasteiger partial charge in [-0.3, -0.25) is 4.79 Å². The Hall–Kier alpha value is -1.77. The molecule has 0 spiro atoms. The van der Waals surface area contributed by atoms with E-state index in [0.717, 1.165) is 15.6 Å². The Morgan fingerprint density at radius 3 is 2.45 bits per heavy atom. The van der Waals surface area contributed by atoms with Gasteiger partial charge in [0.15, 0.2) is 5.78 Å². The van der Waals surface area contributed by atoms with Crippen LogP contribution in [0.25, 0.3) is 10.1 Å². The predicted molar refractivity (Wildman–Crippen MR) is 117 cm³/mol. The Kier molecular flexibility index (Phi) is 6.03. The van der Waals surface area contributed by atoms with Gasteiger partial charge in [-0.2, -0.15) is 4.31 Å². The van der Waals surface area contributed by atoms with Crippen molar-refractivity contribution in [2.24, 2.45) is 0 Å². The van der Waals surface area contributed by atoms with Crippen LogP contribution >= 0.6 is 22.9 Å².